The van der Waals surface area contributed by atoms with E-state index in [-0.39, 0.29) is 17.8 Å². The number of carbonyl (C=O) groups is 1. The molecule has 102 valence electrons. The fraction of sp³-hybridized carbons (Fsp3) is 0.438. The molecule has 0 fully saturated rings. The lowest BCUT2D eigenvalue weighted by atomic mass is 9.90. The number of hydrogen-bond acceptors (Lipinski definition) is 3. The predicted molar refractivity (Wildman–Crippen MR) is 74.3 cm³/mol. The van der Waals surface area contributed by atoms with Crippen molar-refractivity contribution in [3.63, 3.8) is 0 Å². The largest absolute Gasteiger partial charge is 0.468 e. The molecule has 1 aromatic heterocycles. The van der Waals surface area contributed by atoms with Gasteiger partial charge in [-0.05, 0) is 24.0 Å². The Morgan fingerprint density at radius 2 is 2.21 bits per heavy atom. The minimum Gasteiger partial charge on any atom is -0.468 e. The van der Waals surface area contributed by atoms with Gasteiger partial charge < -0.3 is 9.15 Å². The summed E-state index contributed by atoms with van der Waals surface area (Å²) in [6.45, 7) is 7.93. The maximum absolute atomic E-state index is 12.4. The molecule has 3 nitrogen and oxygen atoms in total. The predicted octanol–water partition coefficient (Wildman–Crippen LogP) is 3.48. The second-order valence-corrected chi connectivity index (χ2v) is 5.22. The Balaban J connectivity index is 2.40. The van der Waals surface area contributed by atoms with E-state index in [4.69, 9.17) is 9.15 Å². The summed E-state index contributed by atoms with van der Waals surface area (Å²) in [5.74, 6) is 0.973. The highest BCUT2D eigenvalue weighted by Crippen LogP contribution is 2.26. The van der Waals surface area contributed by atoms with Crippen molar-refractivity contribution in [2.75, 3.05) is 7.11 Å². The number of hydrogen-bond donors (Lipinski definition) is 0. The van der Waals surface area contributed by atoms with Crippen LogP contribution >= 0.6 is 0 Å². The molecular weight excluding hydrogens is 240 g/mol. The molecule has 1 aliphatic rings. The van der Waals surface area contributed by atoms with Gasteiger partial charge in [0.05, 0.1) is 17.9 Å². The molecule has 3 heteroatoms. The molecule has 0 unspecified atom stereocenters. The van der Waals surface area contributed by atoms with E-state index >= 15 is 0 Å². The van der Waals surface area contributed by atoms with Gasteiger partial charge in [0.25, 0.3) is 0 Å². The van der Waals surface area contributed by atoms with Gasteiger partial charge in [0.2, 0.25) is 0 Å². The fourth-order valence-corrected chi connectivity index (χ4v) is 2.51. The van der Waals surface area contributed by atoms with Crippen LogP contribution in [0.5, 0.6) is 0 Å². The van der Waals surface area contributed by atoms with Crippen LogP contribution in [0.4, 0.5) is 0 Å². The first-order chi connectivity index (χ1) is 9.02. The number of fused-ring (bicyclic) bond motifs is 1. The molecule has 1 heterocycles. The van der Waals surface area contributed by atoms with Crippen molar-refractivity contribution >= 4 is 5.78 Å². The highest BCUT2D eigenvalue weighted by molar-refractivity contribution is 5.98. The van der Waals surface area contributed by atoms with Gasteiger partial charge >= 0.3 is 0 Å². The molecule has 0 aromatic carbocycles. The van der Waals surface area contributed by atoms with Crippen LogP contribution in [0.2, 0.25) is 0 Å². The Labute approximate surface area is 113 Å². The van der Waals surface area contributed by atoms with E-state index in [2.05, 4.69) is 6.58 Å². The summed E-state index contributed by atoms with van der Waals surface area (Å²) in [4.78, 5) is 12.4. The molecule has 1 aromatic rings. The monoisotopic (exact) mass is 260 g/mol. The minimum atomic E-state index is -0.0607. The third-order valence-electron chi connectivity index (χ3n) is 3.58. The van der Waals surface area contributed by atoms with Crippen LogP contribution < -0.4 is 0 Å². The SMILES string of the molecule is C=C1/C=C/[C@@H](OC)[C@@H](C)CC(=O)c2c(C)coc2C1. The Morgan fingerprint density at radius 1 is 1.47 bits per heavy atom. The average molecular weight is 260 g/mol. The van der Waals surface area contributed by atoms with E-state index in [9.17, 15) is 4.79 Å². The van der Waals surface area contributed by atoms with Gasteiger partial charge in [0.1, 0.15) is 5.76 Å². The number of aryl methyl sites for hydroxylation is 1. The first-order valence-electron chi connectivity index (χ1n) is 6.52. The van der Waals surface area contributed by atoms with Crippen molar-refractivity contribution in [1.82, 2.24) is 0 Å². The number of ketones is 1. The molecule has 0 bridgehead atoms. The topological polar surface area (TPSA) is 39.4 Å². The summed E-state index contributed by atoms with van der Waals surface area (Å²) in [6, 6.07) is 0. The lowest BCUT2D eigenvalue weighted by molar-refractivity contribution is 0.0772. The highest BCUT2D eigenvalue weighted by Gasteiger charge is 2.24. The zero-order valence-electron chi connectivity index (χ0n) is 11.7. The molecule has 19 heavy (non-hydrogen) atoms. The van der Waals surface area contributed by atoms with E-state index in [1.165, 1.54) is 0 Å². The van der Waals surface area contributed by atoms with E-state index in [1.54, 1.807) is 13.4 Å². The second-order valence-electron chi connectivity index (χ2n) is 5.22. The van der Waals surface area contributed by atoms with Crippen LogP contribution in [-0.2, 0) is 11.2 Å². The van der Waals surface area contributed by atoms with Crippen LogP contribution in [0, 0.1) is 12.8 Å². The van der Waals surface area contributed by atoms with E-state index < -0.39 is 0 Å². The molecule has 0 aliphatic heterocycles. The minimum absolute atomic E-state index is 0.0607. The maximum Gasteiger partial charge on any atom is 0.167 e. The Bertz CT molecular complexity index is 522. The Kier molecular flexibility index (Phi) is 4.05. The van der Waals surface area contributed by atoms with Crippen LogP contribution in [0.25, 0.3) is 0 Å². The fourth-order valence-electron chi connectivity index (χ4n) is 2.51. The number of allylic oxidation sites excluding steroid dienone is 2. The zero-order valence-corrected chi connectivity index (χ0v) is 11.7. The van der Waals surface area contributed by atoms with Crippen molar-refractivity contribution in [3.05, 3.63) is 47.5 Å². The average Bonchev–Trinajstić information content (AvgIpc) is 2.70. The van der Waals surface area contributed by atoms with Crippen LogP contribution in [0.1, 0.15) is 35.0 Å². The Morgan fingerprint density at radius 3 is 2.89 bits per heavy atom. The molecular formula is C16H20O3. The highest BCUT2D eigenvalue weighted by atomic mass is 16.5. The molecule has 0 N–H and O–H groups in total. The summed E-state index contributed by atoms with van der Waals surface area (Å²) >= 11 is 0. The summed E-state index contributed by atoms with van der Waals surface area (Å²) in [5.41, 5.74) is 2.54. The normalized spacial score (nSPS) is 26.1. The lowest BCUT2D eigenvalue weighted by Gasteiger charge is -2.20. The van der Waals surface area contributed by atoms with Gasteiger partial charge in [-0.15, -0.1) is 0 Å². The van der Waals surface area contributed by atoms with Gasteiger partial charge in [0, 0.05) is 20.0 Å². The quantitative estimate of drug-likeness (QED) is 0.776. The number of carbonyl (C=O) groups excluding carboxylic acids is 1. The van der Waals surface area contributed by atoms with Crippen molar-refractivity contribution in [1.29, 1.82) is 0 Å². The molecule has 0 saturated carbocycles. The van der Waals surface area contributed by atoms with Gasteiger partial charge in [-0.2, -0.15) is 0 Å². The number of furan rings is 1. The number of Topliss-reactive ketones (excluding diaryl/α,β-unsaturated/α-hetero) is 1. The molecule has 0 spiro atoms. The lowest BCUT2D eigenvalue weighted by Crippen LogP contribution is -2.22. The number of rotatable bonds is 1. The van der Waals surface area contributed by atoms with Crippen molar-refractivity contribution in [2.24, 2.45) is 5.92 Å². The molecule has 2 rings (SSSR count). The first-order valence-corrected chi connectivity index (χ1v) is 6.52. The van der Waals surface area contributed by atoms with Crippen LogP contribution in [0.3, 0.4) is 0 Å². The van der Waals surface area contributed by atoms with Gasteiger partial charge in [-0.1, -0.05) is 25.7 Å². The summed E-state index contributed by atoms with van der Waals surface area (Å²) < 4.78 is 10.9. The third kappa shape index (κ3) is 2.87. The summed E-state index contributed by atoms with van der Waals surface area (Å²) in [6.07, 6.45) is 6.55. The summed E-state index contributed by atoms with van der Waals surface area (Å²) in [5, 5.41) is 0. The molecule has 0 saturated heterocycles. The summed E-state index contributed by atoms with van der Waals surface area (Å²) in [7, 11) is 1.67. The smallest absolute Gasteiger partial charge is 0.167 e. The van der Waals surface area contributed by atoms with E-state index in [0.717, 1.165) is 22.5 Å². The molecule has 0 radical (unpaired) electrons. The van der Waals surface area contributed by atoms with Crippen LogP contribution in [-0.4, -0.2) is 19.0 Å². The number of methoxy groups -OCH3 is 1. The van der Waals surface area contributed by atoms with Crippen molar-refractivity contribution in [3.8, 4) is 0 Å². The molecule has 2 atom stereocenters. The Hall–Kier alpha value is -1.61. The standard InChI is InChI=1S/C16H20O3/c1-10-5-6-14(18-4)11(2)8-13(17)16-12(3)9-19-15(16)7-10/h5-6,9,11,14H,1,7-8H2,2-4H3/b6-5+/t11-,14+/m0/s1. The first kappa shape index (κ1) is 13.8. The van der Waals surface area contributed by atoms with E-state index in [0.29, 0.717) is 12.8 Å². The zero-order chi connectivity index (χ0) is 14.0. The molecule has 0 amide bonds. The third-order valence-corrected chi connectivity index (χ3v) is 3.58. The maximum atomic E-state index is 12.4. The van der Waals surface area contributed by atoms with Gasteiger partial charge in [0.15, 0.2) is 5.78 Å². The van der Waals surface area contributed by atoms with Gasteiger partial charge in [-0.25, -0.2) is 0 Å². The van der Waals surface area contributed by atoms with E-state index in [1.807, 2.05) is 26.0 Å². The van der Waals surface area contributed by atoms with Crippen molar-refractivity contribution < 1.29 is 13.9 Å². The van der Waals surface area contributed by atoms with Gasteiger partial charge in [-0.3, -0.25) is 4.79 Å². The molecule has 1 aliphatic carbocycles. The van der Waals surface area contributed by atoms with Crippen LogP contribution in [0.15, 0.2) is 35.0 Å². The number of ether oxygens (including phenoxy) is 1. The van der Waals surface area contributed by atoms with Crippen molar-refractivity contribution in [2.45, 2.75) is 32.8 Å². The second kappa shape index (κ2) is 5.57.